The molecule has 0 bridgehead atoms. The molecular weight excluding hydrogens is 318 g/mol. The van der Waals surface area contributed by atoms with Crippen molar-refractivity contribution in [2.75, 3.05) is 13.1 Å². The van der Waals surface area contributed by atoms with Crippen LogP contribution in [-0.2, 0) is 6.42 Å². The van der Waals surface area contributed by atoms with Gasteiger partial charge in [-0.2, -0.15) is 0 Å². The summed E-state index contributed by atoms with van der Waals surface area (Å²) in [6, 6.07) is 6.15. The van der Waals surface area contributed by atoms with Crippen LogP contribution in [0.3, 0.4) is 0 Å². The van der Waals surface area contributed by atoms with Gasteiger partial charge < -0.3 is 4.90 Å². The lowest BCUT2D eigenvalue weighted by Crippen LogP contribution is -2.31. The number of aromatic nitrogens is 2. The van der Waals surface area contributed by atoms with E-state index in [0.717, 1.165) is 29.4 Å². The highest BCUT2D eigenvalue weighted by Gasteiger charge is 2.44. The summed E-state index contributed by atoms with van der Waals surface area (Å²) in [5, 5.41) is 0.975. The van der Waals surface area contributed by atoms with E-state index in [1.165, 1.54) is 18.5 Å². The normalized spacial score (nSPS) is 25.9. The lowest BCUT2D eigenvalue weighted by atomic mass is 9.89. The van der Waals surface area contributed by atoms with Crippen molar-refractivity contribution in [3.63, 3.8) is 0 Å². The fourth-order valence-corrected chi connectivity index (χ4v) is 5.27. The van der Waals surface area contributed by atoms with E-state index >= 15 is 0 Å². The van der Waals surface area contributed by atoms with Crippen LogP contribution in [0.5, 0.6) is 0 Å². The molecule has 0 aromatic carbocycles. The number of carbonyl (C=O) groups is 1. The van der Waals surface area contributed by atoms with Gasteiger partial charge in [-0.15, -0.1) is 11.3 Å². The molecule has 2 aliphatic rings. The average molecular weight is 341 g/mol. The monoisotopic (exact) mass is 341 g/mol. The summed E-state index contributed by atoms with van der Waals surface area (Å²) in [4.78, 5) is 24.9. The summed E-state index contributed by atoms with van der Waals surface area (Å²) in [5.41, 5.74) is 1.85. The molecule has 2 aromatic rings. The maximum atomic E-state index is 12.8. The molecule has 5 heteroatoms. The number of fused-ring (bicyclic) bond motifs is 1. The van der Waals surface area contributed by atoms with Crippen molar-refractivity contribution in [1.82, 2.24) is 14.9 Å². The minimum atomic E-state index is 0.128. The van der Waals surface area contributed by atoms with Gasteiger partial charge in [-0.3, -0.25) is 9.78 Å². The summed E-state index contributed by atoms with van der Waals surface area (Å²) < 4.78 is 0. The van der Waals surface area contributed by atoms with Gasteiger partial charge in [0.2, 0.25) is 0 Å². The predicted molar refractivity (Wildman–Crippen MR) is 95.1 cm³/mol. The van der Waals surface area contributed by atoms with Gasteiger partial charge in [-0.05, 0) is 63.0 Å². The van der Waals surface area contributed by atoms with Gasteiger partial charge >= 0.3 is 0 Å². The second-order valence-corrected chi connectivity index (χ2v) is 8.54. The molecule has 1 amide bonds. The van der Waals surface area contributed by atoms with E-state index in [-0.39, 0.29) is 5.91 Å². The van der Waals surface area contributed by atoms with Crippen molar-refractivity contribution in [3.8, 4) is 0 Å². The Balaban J connectivity index is 1.46. The van der Waals surface area contributed by atoms with E-state index < -0.39 is 0 Å². The molecule has 0 unspecified atom stereocenters. The maximum Gasteiger partial charge on any atom is 0.273 e. The third-order valence-electron chi connectivity index (χ3n) is 5.60. The average Bonchev–Trinajstić information content (AvgIpc) is 3.23. The quantitative estimate of drug-likeness (QED) is 0.858. The number of nitrogens with zero attached hydrogens (tertiary/aromatic N) is 3. The molecule has 0 N–H and O–H groups in total. The zero-order chi connectivity index (χ0) is 16.7. The van der Waals surface area contributed by atoms with E-state index in [1.54, 1.807) is 11.3 Å². The molecule has 0 spiro atoms. The highest BCUT2D eigenvalue weighted by atomic mass is 32.1. The molecule has 126 valence electrons. The van der Waals surface area contributed by atoms with Crippen LogP contribution >= 0.6 is 11.3 Å². The van der Waals surface area contributed by atoms with Gasteiger partial charge in [0.1, 0.15) is 5.69 Å². The Morgan fingerprint density at radius 1 is 1.29 bits per heavy atom. The number of rotatable bonds is 3. The van der Waals surface area contributed by atoms with Crippen LogP contribution in [0.1, 0.15) is 38.9 Å². The summed E-state index contributed by atoms with van der Waals surface area (Å²) in [5.74, 6) is 2.06. The first-order valence-electron chi connectivity index (χ1n) is 8.75. The number of hydrogen-bond donors (Lipinski definition) is 0. The first kappa shape index (κ1) is 15.8. The molecule has 2 aromatic heterocycles. The zero-order valence-corrected chi connectivity index (χ0v) is 15.1. The topological polar surface area (TPSA) is 46.1 Å². The minimum Gasteiger partial charge on any atom is -0.337 e. The summed E-state index contributed by atoms with van der Waals surface area (Å²) in [6.45, 7) is 5.75. The Hall–Kier alpha value is -1.75. The highest BCUT2D eigenvalue weighted by molar-refractivity contribution is 7.11. The number of aryl methyl sites for hydroxylation is 2. The van der Waals surface area contributed by atoms with E-state index in [4.69, 9.17) is 0 Å². The number of carbonyl (C=O) groups excluding carboxylic acids is 1. The van der Waals surface area contributed by atoms with Crippen molar-refractivity contribution in [2.45, 2.75) is 33.1 Å². The van der Waals surface area contributed by atoms with Crippen LogP contribution in [0.25, 0.3) is 0 Å². The van der Waals surface area contributed by atoms with Crippen LogP contribution in [-0.4, -0.2) is 33.9 Å². The summed E-state index contributed by atoms with van der Waals surface area (Å²) in [7, 11) is 0. The molecular formula is C19H23N3OS. The molecule has 1 aliphatic heterocycles. The smallest absolute Gasteiger partial charge is 0.273 e. The van der Waals surface area contributed by atoms with Crippen molar-refractivity contribution in [1.29, 1.82) is 0 Å². The first-order chi connectivity index (χ1) is 11.6. The zero-order valence-electron chi connectivity index (χ0n) is 14.2. The third-order valence-corrected chi connectivity index (χ3v) is 6.48. The predicted octanol–water partition coefficient (Wildman–Crippen LogP) is 3.50. The summed E-state index contributed by atoms with van der Waals surface area (Å²) in [6.07, 6.45) is 5.42. The van der Waals surface area contributed by atoms with Crippen LogP contribution in [0.2, 0.25) is 0 Å². The van der Waals surface area contributed by atoms with Crippen LogP contribution in [0.4, 0.5) is 0 Å². The Bertz CT molecular complexity index is 742. The molecule has 1 saturated carbocycles. The number of likely N-dealkylation sites (tertiary alicyclic amines) is 1. The lowest BCUT2D eigenvalue weighted by Gasteiger charge is -2.20. The lowest BCUT2D eigenvalue weighted by molar-refractivity contribution is 0.0770. The van der Waals surface area contributed by atoms with E-state index in [0.29, 0.717) is 23.4 Å². The van der Waals surface area contributed by atoms with Crippen molar-refractivity contribution < 1.29 is 4.79 Å². The van der Waals surface area contributed by atoms with Gasteiger partial charge in [0.05, 0.1) is 5.01 Å². The first-order valence-corrected chi connectivity index (χ1v) is 9.56. The van der Waals surface area contributed by atoms with Crippen LogP contribution in [0.15, 0.2) is 24.4 Å². The van der Waals surface area contributed by atoms with Gasteiger partial charge in [-0.25, -0.2) is 4.98 Å². The third kappa shape index (κ3) is 2.86. The second-order valence-electron chi connectivity index (χ2n) is 7.13. The Morgan fingerprint density at radius 3 is 2.88 bits per heavy atom. The standard InChI is InChI=1S/C19H23N3OS/c1-12-18(21-13(2)24-12)19(23)22-10-15-7-6-14(17(15)11-22)9-16-5-3-4-8-20-16/h3-5,8,14-15,17H,6-7,9-11H2,1-2H3/t14-,15-,17-/m1/s1. The van der Waals surface area contributed by atoms with E-state index in [9.17, 15) is 4.79 Å². The highest BCUT2D eigenvalue weighted by Crippen LogP contribution is 2.44. The Kier molecular flexibility index (Phi) is 4.12. The van der Waals surface area contributed by atoms with Crippen LogP contribution in [0, 0.1) is 31.6 Å². The Labute approximate surface area is 146 Å². The van der Waals surface area contributed by atoms with Crippen molar-refractivity contribution in [2.24, 2.45) is 17.8 Å². The van der Waals surface area contributed by atoms with E-state index in [2.05, 4.69) is 22.1 Å². The van der Waals surface area contributed by atoms with Gasteiger partial charge in [0, 0.05) is 29.9 Å². The molecule has 3 atom stereocenters. The van der Waals surface area contributed by atoms with Gasteiger partial charge in [-0.1, -0.05) is 6.07 Å². The number of amides is 1. The molecule has 0 radical (unpaired) electrons. The molecule has 24 heavy (non-hydrogen) atoms. The second kappa shape index (κ2) is 6.28. The molecule has 1 saturated heterocycles. The maximum absolute atomic E-state index is 12.8. The van der Waals surface area contributed by atoms with Crippen LogP contribution < -0.4 is 0 Å². The van der Waals surface area contributed by atoms with Gasteiger partial charge in [0.25, 0.3) is 5.91 Å². The van der Waals surface area contributed by atoms with E-state index in [1.807, 2.05) is 31.0 Å². The fourth-order valence-electron chi connectivity index (χ4n) is 4.46. The van der Waals surface area contributed by atoms with Crippen molar-refractivity contribution in [3.05, 3.63) is 45.7 Å². The van der Waals surface area contributed by atoms with Gasteiger partial charge in [0.15, 0.2) is 0 Å². The SMILES string of the molecule is Cc1nc(C(=O)N2C[C@H]3CC[C@H](Cc4ccccn4)[C@H]3C2)c(C)s1. The molecule has 4 nitrogen and oxygen atoms in total. The fraction of sp³-hybridized carbons (Fsp3) is 0.526. The minimum absolute atomic E-state index is 0.128. The Morgan fingerprint density at radius 2 is 2.17 bits per heavy atom. The number of thiazole rings is 1. The number of pyridine rings is 1. The molecule has 4 rings (SSSR count). The number of hydrogen-bond acceptors (Lipinski definition) is 4. The molecule has 2 fully saturated rings. The largest absolute Gasteiger partial charge is 0.337 e. The summed E-state index contributed by atoms with van der Waals surface area (Å²) >= 11 is 1.61. The molecule has 3 heterocycles. The molecule has 1 aliphatic carbocycles. The van der Waals surface area contributed by atoms with Crippen molar-refractivity contribution >= 4 is 17.2 Å².